The summed E-state index contributed by atoms with van der Waals surface area (Å²) >= 11 is 0. The second kappa shape index (κ2) is 7.99. The number of carbonyl (C=O) groups excluding carboxylic acids is 1. The topological polar surface area (TPSA) is 64.6 Å². The van der Waals surface area contributed by atoms with Crippen molar-refractivity contribution in [3.8, 4) is 0 Å². The maximum absolute atomic E-state index is 11.9. The molecule has 3 N–H and O–H groups in total. The van der Waals surface area contributed by atoms with Crippen LogP contribution in [0, 0.1) is 0 Å². The fourth-order valence-corrected chi connectivity index (χ4v) is 2.28. The van der Waals surface area contributed by atoms with Crippen molar-refractivity contribution in [1.29, 1.82) is 0 Å². The van der Waals surface area contributed by atoms with Gasteiger partial charge in [-0.2, -0.15) is 0 Å². The van der Waals surface area contributed by atoms with Crippen molar-refractivity contribution in [3.05, 3.63) is 35.4 Å². The lowest BCUT2D eigenvalue weighted by atomic mass is 10.1. The third kappa shape index (κ3) is 4.92. The van der Waals surface area contributed by atoms with Crippen LogP contribution in [0.2, 0.25) is 0 Å². The summed E-state index contributed by atoms with van der Waals surface area (Å²) in [6.07, 6.45) is 1.09. The number of amides is 1. The zero-order valence-electron chi connectivity index (χ0n) is 11.8. The van der Waals surface area contributed by atoms with Crippen LogP contribution in [0.4, 0.5) is 0 Å². The average molecular weight is 277 g/mol. The van der Waals surface area contributed by atoms with Crippen molar-refractivity contribution >= 4 is 5.91 Å². The first-order valence-corrected chi connectivity index (χ1v) is 7.16. The Morgan fingerprint density at radius 2 is 1.95 bits per heavy atom. The molecule has 0 radical (unpaired) electrons. The number of hydrogen-bond acceptors (Lipinski definition) is 4. The van der Waals surface area contributed by atoms with Gasteiger partial charge >= 0.3 is 0 Å². The summed E-state index contributed by atoms with van der Waals surface area (Å²) in [6, 6.07) is 7.62. The van der Waals surface area contributed by atoms with Crippen molar-refractivity contribution in [2.75, 3.05) is 32.7 Å². The van der Waals surface area contributed by atoms with E-state index in [-0.39, 0.29) is 12.5 Å². The van der Waals surface area contributed by atoms with Crippen LogP contribution in [0.15, 0.2) is 24.3 Å². The molecule has 1 aromatic rings. The standard InChI is InChI=1S/C15H23N3O2/c19-12-14-4-2-13(3-5-14)10-17-15(20)11-18-8-1-6-16-7-9-18/h2-5,16,19H,1,6-12H2,(H,17,20). The highest BCUT2D eigenvalue weighted by atomic mass is 16.3. The van der Waals surface area contributed by atoms with Gasteiger partial charge in [-0.1, -0.05) is 24.3 Å². The fourth-order valence-electron chi connectivity index (χ4n) is 2.28. The van der Waals surface area contributed by atoms with Crippen molar-refractivity contribution in [3.63, 3.8) is 0 Å². The van der Waals surface area contributed by atoms with Gasteiger partial charge in [0.25, 0.3) is 0 Å². The van der Waals surface area contributed by atoms with E-state index >= 15 is 0 Å². The molecule has 0 aromatic heterocycles. The van der Waals surface area contributed by atoms with Crippen LogP contribution < -0.4 is 10.6 Å². The first-order valence-electron chi connectivity index (χ1n) is 7.16. The molecule has 1 heterocycles. The van der Waals surface area contributed by atoms with Gasteiger partial charge in [0, 0.05) is 19.6 Å². The molecule has 20 heavy (non-hydrogen) atoms. The molecule has 1 aliphatic heterocycles. The Hall–Kier alpha value is -1.43. The zero-order valence-corrected chi connectivity index (χ0v) is 11.8. The molecule has 0 atom stereocenters. The highest BCUT2D eigenvalue weighted by Crippen LogP contribution is 2.04. The van der Waals surface area contributed by atoms with E-state index in [0.717, 1.165) is 43.7 Å². The fraction of sp³-hybridized carbons (Fsp3) is 0.533. The highest BCUT2D eigenvalue weighted by molar-refractivity contribution is 5.78. The Morgan fingerprint density at radius 3 is 2.70 bits per heavy atom. The molecule has 5 nitrogen and oxygen atoms in total. The molecule has 1 aromatic carbocycles. The van der Waals surface area contributed by atoms with Crippen molar-refractivity contribution in [1.82, 2.24) is 15.5 Å². The molecular formula is C15H23N3O2. The zero-order chi connectivity index (χ0) is 14.2. The molecule has 1 amide bonds. The quantitative estimate of drug-likeness (QED) is 0.714. The van der Waals surface area contributed by atoms with Crippen molar-refractivity contribution in [2.45, 2.75) is 19.6 Å². The first kappa shape index (κ1) is 15.0. The third-order valence-corrected chi connectivity index (χ3v) is 3.50. The summed E-state index contributed by atoms with van der Waals surface area (Å²) in [5.74, 6) is 0.0677. The normalized spacial score (nSPS) is 16.6. The molecular weight excluding hydrogens is 254 g/mol. The Balaban J connectivity index is 1.73. The number of nitrogens with zero attached hydrogens (tertiary/aromatic N) is 1. The maximum Gasteiger partial charge on any atom is 0.234 e. The number of carbonyl (C=O) groups is 1. The molecule has 1 aliphatic rings. The molecule has 1 saturated heterocycles. The van der Waals surface area contributed by atoms with E-state index in [2.05, 4.69) is 15.5 Å². The maximum atomic E-state index is 11.9. The average Bonchev–Trinajstić information content (AvgIpc) is 2.74. The predicted molar refractivity (Wildman–Crippen MR) is 78.1 cm³/mol. The second-order valence-corrected chi connectivity index (χ2v) is 5.13. The molecule has 0 bridgehead atoms. The van der Waals surface area contributed by atoms with Crippen LogP contribution in [0.1, 0.15) is 17.5 Å². The molecule has 0 saturated carbocycles. The summed E-state index contributed by atoms with van der Waals surface area (Å²) in [4.78, 5) is 14.1. The van der Waals surface area contributed by atoms with Gasteiger partial charge in [-0.3, -0.25) is 9.69 Å². The van der Waals surface area contributed by atoms with Crippen LogP contribution in [-0.2, 0) is 17.9 Å². The van der Waals surface area contributed by atoms with Gasteiger partial charge in [0.1, 0.15) is 0 Å². The summed E-state index contributed by atoms with van der Waals surface area (Å²) < 4.78 is 0. The number of nitrogens with one attached hydrogen (secondary N) is 2. The minimum Gasteiger partial charge on any atom is -0.392 e. The van der Waals surface area contributed by atoms with E-state index < -0.39 is 0 Å². The molecule has 5 heteroatoms. The summed E-state index contributed by atoms with van der Waals surface area (Å²) in [7, 11) is 0. The van der Waals surface area contributed by atoms with Gasteiger partial charge in [0.05, 0.1) is 13.2 Å². The Bertz CT molecular complexity index is 412. The van der Waals surface area contributed by atoms with Crippen molar-refractivity contribution in [2.24, 2.45) is 0 Å². The van der Waals surface area contributed by atoms with Gasteiger partial charge in [0.2, 0.25) is 5.91 Å². The molecule has 0 unspecified atom stereocenters. The molecule has 0 spiro atoms. The number of aliphatic hydroxyl groups excluding tert-OH is 1. The highest BCUT2D eigenvalue weighted by Gasteiger charge is 2.12. The molecule has 110 valence electrons. The first-order chi connectivity index (χ1) is 9.78. The number of rotatable bonds is 5. The van der Waals surface area contributed by atoms with E-state index in [0.29, 0.717) is 13.1 Å². The minimum atomic E-state index is 0.0512. The number of benzene rings is 1. The predicted octanol–water partition coefficient (Wildman–Crippen LogP) is 0.0904. The van der Waals surface area contributed by atoms with E-state index in [1.807, 2.05) is 24.3 Å². The van der Waals surface area contributed by atoms with E-state index in [9.17, 15) is 4.79 Å². The van der Waals surface area contributed by atoms with Gasteiger partial charge in [0.15, 0.2) is 0 Å². The van der Waals surface area contributed by atoms with Gasteiger partial charge in [-0.25, -0.2) is 0 Å². The smallest absolute Gasteiger partial charge is 0.234 e. The monoisotopic (exact) mass is 277 g/mol. The lowest BCUT2D eigenvalue weighted by Gasteiger charge is -2.18. The molecule has 2 rings (SSSR count). The van der Waals surface area contributed by atoms with Crippen LogP contribution in [-0.4, -0.2) is 48.6 Å². The lowest BCUT2D eigenvalue weighted by Crippen LogP contribution is -2.38. The Morgan fingerprint density at radius 1 is 1.20 bits per heavy atom. The lowest BCUT2D eigenvalue weighted by molar-refractivity contribution is -0.122. The van der Waals surface area contributed by atoms with Gasteiger partial charge < -0.3 is 15.7 Å². The Kier molecular flexibility index (Phi) is 5.98. The summed E-state index contributed by atoms with van der Waals surface area (Å²) in [5, 5.41) is 15.2. The number of hydrogen-bond donors (Lipinski definition) is 3. The largest absolute Gasteiger partial charge is 0.392 e. The number of aliphatic hydroxyl groups is 1. The van der Waals surface area contributed by atoms with Crippen LogP contribution in [0.3, 0.4) is 0 Å². The van der Waals surface area contributed by atoms with E-state index in [4.69, 9.17) is 5.11 Å². The van der Waals surface area contributed by atoms with Gasteiger partial charge in [-0.05, 0) is 30.6 Å². The second-order valence-electron chi connectivity index (χ2n) is 5.13. The van der Waals surface area contributed by atoms with Crippen LogP contribution in [0.25, 0.3) is 0 Å². The molecule has 0 aliphatic carbocycles. The minimum absolute atomic E-state index is 0.0512. The van der Waals surface area contributed by atoms with E-state index in [1.54, 1.807) is 0 Å². The van der Waals surface area contributed by atoms with Gasteiger partial charge in [-0.15, -0.1) is 0 Å². The van der Waals surface area contributed by atoms with Crippen LogP contribution >= 0.6 is 0 Å². The third-order valence-electron chi connectivity index (χ3n) is 3.50. The van der Waals surface area contributed by atoms with Crippen molar-refractivity contribution < 1.29 is 9.90 Å². The summed E-state index contributed by atoms with van der Waals surface area (Å²) in [6.45, 7) is 4.96. The molecule has 1 fully saturated rings. The summed E-state index contributed by atoms with van der Waals surface area (Å²) in [5.41, 5.74) is 1.94. The van der Waals surface area contributed by atoms with Crippen LogP contribution in [0.5, 0.6) is 0 Å². The van der Waals surface area contributed by atoms with E-state index in [1.165, 1.54) is 0 Å². The SMILES string of the molecule is O=C(CN1CCCNCC1)NCc1ccc(CO)cc1. The Labute approximate surface area is 120 Å².